The molecule has 2 aromatic heterocycles. The molecule has 0 fully saturated rings. The summed E-state index contributed by atoms with van der Waals surface area (Å²) >= 11 is 0. The van der Waals surface area contributed by atoms with E-state index in [9.17, 15) is 12.8 Å². The number of sulfonamides is 1. The fraction of sp³-hybridized carbons (Fsp3) is 0.435. The highest BCUT2D eigenvalue weighted by molar-refractivity contribution is 8.32. The van der Waals surface area contributed by atoms with Crippen molar-refractivity contribution in [2.24, 2.45) is 0 Å². The van der Waals surface area contributed by atoms with Crippen LogP contribution in [0, 0.1) is 5.82 Å². The standard InChI is InChI=1S/C21H28FN3O3S2.C2H6.H2/c1-23-30(26,27)14-16-5-7-17(8-6-16)18-13-25(15-28-11-12-29(2,3)4)21-20(18)19(22)9-10-24-21;1-2;/h5-10,13,23H,11-12,14-15H2,1-4H3;1-2H3;1H. The van der Waals surface area contributed by atoms with Crippen LogP contribution in [-0.4, -0.2) is 56.1 Å². The van der Waals surface area contributed by atoms with E-state index in [1.165, 1.54) is 19.3 Å². The molecule has 1 N–H and O–H groups in total. The van der Waals surface area contributed by atoms with Crippen LogP contribution < -0.4 is 4.72 Å². The molecule has 0 radical (unpaired) electrons. The molecule has 9 heteroatoms. The van der Waals surface area contributed by atoms with E-state index < -0.39 is 20.1 Å². The van der Waals surface area contributed by atoms with Crippen LogP contribution in [0.3, 0.4) is 0 Å². The lowest BCUT2D eigenvalue weighted by molar-refractivity contribution is 0.0924. The van der Waals surface area contributed by atoms with Crippen molar-refractivity contribution in [2.75, 3.05) is 38.2 Å². The molecule has 180 valence electrons. The summed E-state index contributed by atoms with van der Waals surface area (Å²) in [6.07, 6.45) is 10.00. The first-order valence-corrected chi connectivity index (χ1v) is 15.2. The zero-order chi connectivity index (χ0) is 23.9. The average molecular weight is 486 g/mol. The van der Waals surface area contributed by atoms with Crippen LogP contribution in [0.25, 0.3) is 22.2 Å². The third kappa shape index (κ3) is 7.03. The van der Waals surface area contributed by atoms with Crippen molar-refractivity contribution in [3.05, 3.63) is 54.1 Å². The van der Waals surface area contributed by atoms with Crippen LogP contribution in [-0.2, 0) is 27.2 Å². The van der Waals surface area contributed by atoms with Gasteiger partial charge in [0.15, 0.2) is 0 Å². The molecule has 3 rings (SSSR count). The number of ether oxygens (including phenoxy) is 1. The molecule has 32 heavy (non-hydrogen) atoms. The molecule has 0 saturated carbocycles. The highest BCUT2D eigenvalue weighted by atomic mass is 32.3. The Hall–Kier alpha value is -1.94. The Labute approximate surface area is 194 Å². The van der Waals surface area contributed by atoms with Crippen molar-refractivity contribution in [1.82, 2.24) is 14.3 Å². The molecule has 0 atom stereocenters. The SMILES string of the molecule is CC.CNS(=O)(=O)Cc1ccc(-c2cn(COCCS(C)(C)C)c3nccc(F)c23)cc1.[HH]. The second-order valence-electron chi connectivity index (χ2n) is 8.00. The summed E-state index contributed by atoms with van der Waals surface area (Å²) in [4.78, 5) is 4.35. The molecule has 3 aromatic rings. The van der Waals surface area contributed by atoms with E-state index in [0.29, 0.717) is 35.5 Å². The lowest BCUT2D eigenvalue weighted by Gasteiger charge is -2.24. The van der Waals surface area contributed by atoms with E-state index in [1.54, 1.807) is 24.3 Å². The van der Waals surface area contributed by atoms with Gasteiger partial charge in [-0.1, -0.05) is 38.1 Å². The van der Waals surface area contributed by atoms with E-state index in [1.807, 2.05) is 24.6 Å². The number of hydrogen-bond donors (Lipinski definition) is 1. The van der Waals surface area contributed by atoms with Gasteiger partial charge in [0, 0.05) is 25.1 Å². The van der Waals surface area contributed by atoms with Gasteiger partial charge in [-0.2, -0.15) is 0 Å². The minimum atomic E-state index is -3.35. The number of halogens is 1. The first-order chi connectivity index (χ1) is 15.1. The maximum Gasteiger partial charge on any atom is 0.215 e. The molecular weight excluding hydrogens is 449 g/mol. The number of nitrogens with zero attached hydrogens (tertiary/aromatic N) is 2. The third-order valence-corrected chi connectivity index (χ3v) is 7.44. The van der Waals surface area contributed by atoms with Gasteiger partial charge in [-0.3, -0.25) is 0 Å². The highest BCUT2D eigenvalue weighted by Gasteiger charge is 2.16. The van der Waals surface area contributed by atoms with Crippen molar-refractivity contribution in [3.63, 3.8) is 0 Å². The van der Waals surface area contributed by atoms with Crippen LogP contribution in [0.15, 0.2) is 42.7 Å². The maximum atomic E-state index is 14.7. The molecule has 1 aromatic carbocycles. The van der Waals surface area contributed by atoms with E-state index in [4.69, 9.17) is 4.74 Å². The van der Waals surface area contributed by atoms with Gasteiger partial charge in [-0.15, -0.1) is 0 Å². The molecule has 0 aliphatic carbocycles. The summed E-state index contributed by atoms with van der Waals surface area (Å²) in [5, 5.41) is 0.429. The van der Waals surface area contributed by atoms with Crippen molar-refractivity contribution in [3.8, 4) is 11.1 Å². The Morgan fingerprint density at radius 3 is 2.38 bits per heavy atom. The Kier molecular flexibility index (Phi) is 9.27. The Morgan fingerprint density at radius 1 is 1.12 bits per heavy atom. The molecule has 0 spiro atoms. The fourth-order valence-corrected chi connectivity index (χ4v) is 4.43. The first kappa shape index (κ1) is 26.3. The normalized spacial score (nSPS) is 12.5. The van der Waals surface area contributed by atoms with Gasteiger partial charge in [0.1, 0.15) is 18.2 Å². The predicted octanol–water partition coefficient (Wildman–Crippen LogP) is 4.83. The zero-order valence-electron chi connectivity index (χ0n) is 19.7. The smallest absolute Gasteiger partial charge is 0.215 e. The van der Waals surface area contributed by atoms with Gasteiger partial charge in [-0.25, -0.2) is 32.5 Å². The molecule has 6 nitrogen and oxygen atoms in total. The van der Waals surface area contributed by atoms with Gasteiger partial charge < -0.3 is 9.30 Å². The second kappa shape index (κ2) is 11.3. The number of benzene rings is 1. The van der Waals surface area contributed by atoms with E-state index in [-0.39, 0.29) is 13.0 Å². The number of pyridine rings is 1. The number of nitrogens with one attached hydrogen (secondary N) is 1. The van der Waals surface area contributed by atoms with Crippen LogP contribution >= 0.6 is 10.0 Å². The van der Waals surface area contributed by atoms with E-state index in [0.717, 1.165) is 11.3 Å². The number of rotatable bonds is 9. The summed E-state index contributed by atoms with van der Waals surface area (Å²) in [6, 6.07) is 8.42. The number of fused-ring (bicyclic) bond motifs is 1. The summed E-state index contributed by atoms with van der Waals surface area (Å²) < 4.78 is 48.1. The molecule has 0 bridgehead atoms. The van der Waals surface area contributed by atoms with Crippen LogP contribution in [0.5, 0.6) is 0 Å². The largest absolute Gasteiger partial charge is 0.360 e. The highest BCUT2D eigenvalue weighted by Crippen LogP contribution is 2.34. The monoisotopic (exact) mass is 485 g/mol. The van der Waals surface area contributed by atoms with E-state index >= 15 is 0 Å². The summed E-state index contributed by atoms with van der Waals surface area (Å²) in [6.45, 7) is 4.93. The Bertz CT molecular complexity index is 1130. The first-order valence-electron chi connectivity index (χ1n) is 10.5. The van der Waals surface area contributed by atoms with Gasteiger partial charge >= 0.3 is 0 Å². The van der Waals surface area contributed by atoms with Crippen molar-refractivity contribution < 1.29 is 19.0 Å². The number of hydrogen-bond acceptors (Lipinski definition) is 4. The Balaban J connectivity index is 0.00000177. The molecule has 0 unspecified atom stereocenters. The van der Waals surface area contributed by atoms with Crippen LogP contribution in [0.1, 0.15) is 20.8 Å². The quantitative estimate of drug-likeness (QED) is 0.441. The van der Waals surface area contributed by atoms with Crippen LogP contribution in [0.4, 0.5) is 4.39 Å². The lowest BCUT2D eigenvalue weighted by Crippen LogP contribution is -2.20. The van der Waals surface area contributed by atoms with Gasteiger partial charge in [0.05, 0.1) is 17.7 Å². The summed E-state index contributed by atoms with van der Waals surface area (Å²) in [5.41, 5.74) is 2.66. The molecule has 0 saturated heterocycles. The maximum absolute atomic E-state index is 14.7. The van der Waals surface area contributed by atoms with Gasteiger partial charge in [-0.05, 0) is 43.0 Å². The van der Waals surface area contributed by atoms with Gasteiger partial charge in [0.2, 0.25) is 10.0 Å². The molecule has 2 heterocycles. The van der Waals surface area contributed by atoms with Crippen molar-refractivity contribution >= 4 is 31.1 Å². The molecule has 0 aliphatic heterocycles. The zero-order valence-corrected chi connectivity index (χ0v) is 21.3. The molecular formula is C23H36FN3O3S2. The predicted molar refractivity (Wildman–Crippen MR) is 136 cm³/mol. The minimum absolute atomic E-state index is 0. The average Bonchev–Trinajstić information content (AvgIpc) is 3.12. The lowest BCUT2D eigenvalue weighted by atomic mass is 10.0. The van der Waals surface area contributed by atoms with Crippen molar-refractivity contribution in [2.45, 2.75) is 26.3 Å². The van der Waals surface area contributed by atoms with E-state index in [2.05, 4.69) is 28.5 Å². The summed E-state index contributed by atoms with van der Waals surface area (Å²) in [5.74, 6) is 0.540. The fourth-order valence-electron chi connectivity index (χ4n) is 3.04. The molecule has 0 aliphatic rings. The third-order valence-electron chi connectivity index (χ3n) is 4.71. The molecule has 0 amide bonds. The van der Waals surface area contributed by atoms with Crippen LogP contribution in [0.2, 0.25) is 0 Å². The topological polar surface area (TPSA) is 73.2 Å². The Morgan fingerprint density at radius 2 is 1.78 bits per heavy atom. The summed E-state index contributed by atoms with van der Waals surface area (Å²) in [7, 11) is -2.60. The van der Waals surface area contributed by atoms with Crippen molar-refractivity contribution in [1.29, 1.82) is 0 Å². The minimum Gasteiger partial charge on any atom is -0.360 e. The van der Waals surface area contributed by atoms with Gasteiger partial charge in [0.25, 0.3) is 0 Å². The number of aromatic nitrogens is 2. The second-order valence-corrected chi connectivity index (χ2v) is 14.5.